The summed E-state index contributed by atoms with van der Waals surface area (Å²) in [5, 5.41) is 5.12. The van der Waals surface area contributed by atoms with Crippen LogP contribution in [0, 0.1) is 3.57 Å². The molecule has 0 spiro atoms. The summed E-state index contributed by atoms with van der Waals surface area (Å²) in [7, 11) is 0. The summed E-state index contributed by atoms with van der Waals surface area (Å²) in [6, 6.07) is 18.0. The van der Waals surface area contributed by atoms with E-state index in [1.165, 1.54) is 3.57 Å². The van der Waals surface area contributed by atoms with E-state index in [-0.39, 0.29) is 0 Å². The average Bonchev–Trinajstić information content (AvgIpc) is 2.89. The van der Waals surface area contributed by atoms with Gasteiger partial charge in [-0.1, -0.05) is 23.7 Å². The molecule has 2 nitrogen and oxygen atoms in total. The summed E-state index contributed by atoms with van der Waals surface area (Å²) in [5.41, 5.74) is 3.23. The summed E-state index contributed by atoms with van der Waals surface area (Å²) in [6.45, 7) is 0. The lowest BCUT2D eigenvalue weighted by atomic mass is 10.1. The molecule has 3 aromatic rings. The molecular weight excluding hydrogens is 371 g/mol. The van der Waals surface area contributed by atoms with Gasteiger partial charge in [-0.15, -0.1) is 0 Å². The predicted molar refractivity (Wildman–Crippen MR) is 86.7 cm³/mol. The zero-order valence-electron chi connectivity index (χ0n) is 9.92. The van der Waals surface area contributed by atoms with Crippen molar-refractivity contribution in [1.29, 1.82) is 0 Å². The van der Waals surface area contributed by atoms with Gasteiger partial charge in [-0.05, 0) is 65.1 Å². The third-order valence-corrected chi connectivity index (χ3v) is 3.76. The van der Waals surface area contributed by atoms with Crippen LogP contribution in [0.3, 0.4) is 0 Å². The van der Waals surface area contributed by atoms with Gasteiger partial charge < -0.3 is 0 Å². The van der Waals surface area contributed by atoms with Gasteiger partial charge in [0.1, 0.15) is 0 Å². The molecule has 0 unspecified atom stereocenters. The molecule has 1 heterocycles. The van der Waals surface area contributed by atoms with Crippen LogP contribution in [0.25, 0.3) is 16.9 Å². The van der Waals surface area contributed by atoms with Crippen molar-refractivity contribution in [3.8, 4) is 16.9 Å². The van der Waals surface area contributed by atoms with Crippen molar-refractivity contribution in [3.05, 3.63) is 69.4 Å². The monoisotopic (exact) mass is 380 g/mol. The molecule has 0 saturated heterocycles. The van der Waals surface area contributed by atoms with Crippen LogP contribution >= 0.6 is 34.2 Å². The Balaban J connectivity index is 2.10. The van der Waals surface area contributed by atoms with Crippen molar-refractivity contribution >= 4 is 34.2 Å². The number of hydrogen-bond acceptors (Lipinski definition) is 1. The van der Waals surface area contributed by atoms with Crippen LogP contribution in [-0.2, 0) is 0 Å². The van der Waals surface area contributed by atoms with Crippen LogP contribution in [0.2, 0.25) is 5.02 Å². The van der Waals surface area contributed by atoms with Gasteiger partial charge in [0.2, 0.25) is 0 Å². The molecule has 1 aromatic heterocycles. The molecule has 0 N–H and O–H groups in total. The molecule has 3 rings (SSSR count). The zero-order chi connectivity index (χ0) is 13.2. The van der Waals surface area contributed by atoms with Gasteiger partial charge in [-0.3, -0.25) is 0 Å². The summed E-state index contributed by atoms with van der Waals surface area (Å²) in [6.07, 6.45) is 1.81. The van der Waals surface area contributed by atoms with Gasteiger partial charge in [0.25, 0.3) is 0 Å². The van der Waals surface area contributed by atoms with Crippen LogP contribution in [0.15, 0.2) is 60.8 Å². The number of benzene rings is 2. The normalized spacial score (nSPS) is 10.6. The highest BCUT2D eigenvalue weighted by Crippen LogP contribution is 2.24. The fourth-order valence-corrected chi connectivity index (χ4v) is 2.63. The molecule has 2 aromatic carbocycles. The first-order valence-corrected chi connectivity index (χ1v) is 7.25. The second-order valence-electron chi connectivity index (χ2n) is 4.12. The zero-order valence-corrected chi connectivity index (χ0v) is 12.8. The van der Waals surface area contributed by atoms with E-state index in [4.69, 9.17) is 11.6 Å². The highest BCUT2D eigenvalue weighted by molar-refractivity contribution is 14.1. The molecule has 0 aliphatic rings. The number of rotatable bonds is 2. The first-order valence-electron chi connectivity index (χ1n) is 5.80. The number of hydrogen-bond donors (Lipinski definition) is 0. The summed E-state index contributed by atoms with van der Waals surface area (Å²) in [4.78, 5) is 0. The highest BCUT2D eigenvalue weighted by atomic mass is 127. The fourth-order valence-electron chi connectivity index (χ4n) is 1.96. The number of aromatic nitrogens is 2. The van der Waals surface area contributed by atoms with E-state index in [2.05, 4.69) is 52.0 Å². The minimum absolute atomic E-state index is 0.728. The SMILES string of the molecule is Clc1ccc(-n2nccc2-c2cccc(I)c2)cc1. The van der Waals surface area contributed by atoms with E-state index in [0.29, 0.717) is 0 Å². The molecular formula is C15H10ClIN2. The summed E-state index contributed by atoms with van der Waals surface area (Å²) in [5.74, 6) is 0. The third kappa shape index (κ3) is 2.67. The molecule has 0 bridgehead atoms. The van der Waals surface area contributed by atoms with Crippen LogP contribution in [0.1, 0.15) is 0 Å². The Labute approximate surface area is 130 Å². The second-order valence-corrected chi connectivity index (χ2v) is 5.80. The largest absolute Gasteiger partial charge is 0.233 e. The van der Waals surface area contributed by atoms with E-state index in [1.807, 2.05) is 41.2 Å². The van der Waals surface area contributed by atoms with Gasteiger partial charge in [0, 0.05) is 14.2 Å². The Morgan fingerprint density at radius 3 is 2.53 bits per heavy atom. The Kier molecular flexibility index (Phi) is 3.57. The van der Waals surface area contributed by atoms with Gasteiger partial charge in [-0.25, -0.2) is 4.68 Å². The molecule has 0 saturated carbocycles. The van der Waals surface area contributed by atoms with Gasteiger partial charge in [-0.2, -0.15) is 5.10 Å². The minimum Gasteiger partial charge on any atom is -0.233 e. The molecule has 4 heteroatoms. The van der Waals surface area contributed by atoms with E-state index in [0.717, 1.165) is 22.0 Å². The van der Waals surface area contributed by atoms with Crippen molar-refractivity contribution in [2.75, 3.05) is 0 Å². The lowest BCUT2D eigenvalue weighted by Gasteiger charge is -2.08. The lowest BCUT2D eigenvalue weighted by molar-refractivity contribution is 0.888. The minimum atomic E-state index is 0.728. The van der Waals surface area contributed by atoms with E-state index >= 15 is 0 Å². The van der Waals surface area contributed by atoms with Gasteiger partial charge in [0.15, 0.2) is 0 Å². The first kappa shape index (κ1) is 12.7. The van der Waals surface area contributed by atoms with E-state index in [9.17, 15) is 0 Å². The Morgan fingerprint density at radius 2 is 1.79 bits per heavy atom. The maximum atomic E-state index is 5.92. The molecule has 0 amide bonds. The van der Waals surface area contributed by atoms with E-state index < -0.39 is 0 Å². The standard InChI is InChI=1S/C15H10ClIN2/c16-12-4-6-14(7-5-12)19-15(8-9-18-19)11-2-1-3-13(17)10-11/h1-10H. The van der Waals surface area contributed by atoms with Crippen molar-refractivity contribution in [1.82, 2.24) is 9.78 Å². The molecule has 0 aliphatic heterocycles. The molecule has 94 valence electrons. The van der Waals surface area contributed by atoms with Crippen molar-refractivity contribution in [2.24, 2.45) is 0 Å². The maximum absolute atomic E-state index is 5.92. The molecule has 0 aliphatic carbocycles. The topological polar surface area (TPSA) is 17.8 Å². The molecule has 19 heavy (non-hydrogen) atoms. The van der Waals surface area contributed by atoms with Crippen LogP contribution in [0.4, 0.5) is 0 Å². The van der Waals surface area contributed by atoms with E-state index in [1.54, 1.807) is 0 Å². The molecule has 0 radical (unpaired) electrons. The van der Waals surface area contributed by atoms with Crippen molar-refractivity contribution < 1.29 is 0 Å². The predicted octanol–water partition coefficient (Wildman–Crippen LogP) is 4.80. The van der Waals surface area contributed by atoms with Crippen molar-refractivity contribution in [3.63, 3.8) is 0 Å². The van der Waals surface area contributed by atoms with Gasteiger partial charge >= 0.3 is 0 Å². The maximum Gasteiger partial charge on any atom is 0.0741 e. The molecule has 0 fully saturated rings. The van der Waals surface area contributed by atoms with Crippen LogP contribution < -0.4 is 0 Å². The number of nitrogens with zero attached hydrogens (tertiary/aromatic N) is 2. The lowest BCUT2D eigenvalue weighted by Crippen LogP contribution is -1.98. The Hall–Kier alpha value is -1.33. The van der Waals surface area contributed by atoms with Crippen molar-refractivity contribution in [2.45, 2.75) is 0 Å². The van der Waals surface area contributed by atoms with Crippen LogP contribution in [0.5, 0.6) is 0 Å². The van der Waals surface area contributed by atoms with Crippen LogP contribution in [-0.4, -0.2) is 9.78 Å². The summed E-state index contributed by atoms with van der Waals surface area (Å²) < 4.78 is 3.13. The summed E-state index contributed by atoms with van der Waals surface area (Å²) >= 11 is 8.23. The Morgan fingerprint density at radius 1 is 1.00 bits per heavy atom. The Bertz CT molecular complexity index is 704. The molecule has 0 atom stereocenters. The third-order valence-electron chi connectivity index (χ3n) is 2.83. The highest BCUT2D eigenvalue weighted by Gasteiger charge is 2.07. The first-order chi connectivity index (χ1) is 9.24. The second kappa shape index (κ2) is 5.35. The fraction of sp³-hybridized carbons (Fsp3) is 0. The number of halogens is 2. The quantitative estimate of drug-likeness (QED) is 0.584. The average molecular weight is 381 g/mol. The van der Waals surface area contributed by atoms with Gasteiger partial charge in [0.05, 0.1) is 17.6 Å². The smallest absolute Gasteiger partial charge is 0.0741 e.